The van der Waals surface area contributed by atoms with Gasteiger partial charge in [0.25, 0.3) is 0 Å². The van der Waals surface area contributed by atoms with Crippen molar-refractivity contribution in [2.45, 2.75) is 46.1 Å². The zero-order valence-electron chi connectivity index (χ0n) is 10.3. The predicted molar refractivity (Wildman–Crippen MR) is 66.9 cm³/mol. The van der Waals surface area contributed by atoms with Gasteiger partial charge in [-0.1, -0.05) is 20.3 Å². The molecule has 0 radical (unpaired) electrons. The monoisotopic (exact) mass is 220 g/mol. The Balaban J connectivity index is 2.82. The summed E-state index contributed by atoms with van der Waals surface area (Å²) in [6.45, 7) is 5.88. The maximum absolute atomic E-state index is 11.4. The molecule has 0 fully saturated rings. The van der Waals surface area contributed by atoms with Crippen LogP contribution in [0.2, 0.25) is 0 Å². The Labute approximate surface area is 97.3 Å². The molecule has 0 aliphatic carbocycles. The van der Waals surface area contributed by atoms with Crippen LogP contribution < -0.4 is 5.32 Å². The van der Waals surface area contributed by atoms with E-state index in [9.17, 15) is 4.79 Å². The topological polar surface area (TPSA) is 42.0 Å². The second-order valence-electron chi connectivity index (χ2n) is 3.99. The first kappa shape index (κ1) is 12.7. The van der Waals surface area contributed by atoms with Crippen LogP contribution in [-0.2, 0) is 0 Å². The number of ketones is 1. The molecular weight excluding hydrogens is 200 g/mol. The average molecular weight is 220 g/mol. The number of carbonyl (C=O) groups is 1. The van der Waals surface area contributed by atoms with Crippen molar-refractivity contribution in [3.8, 4) is 0 Å². The minimum absolute atomic E-state index is 0.0574. The number of anilines is 1. The minimum atomic E-state index is 0.0574. The highest BCUT2D eigenvalue weighted by Crippen LogP contribution is 2.16. The number of pyridine rings is 1. The smallest absolute Gasteiger partial charge is 0.163 e. The van der Waals surface area contributed by atoms with Crippen molar-refractivity contribution in [3.05, 3.63) is 23.9 Å². The minimum Gasteiger partial charge on any atom is -0.367 e. The third-order valence-corrected chi connectivity index (χ3v) is 2.66. The van der Waals surface area contributed by atoms with Gasteiger partial charge in [-0.2, -0.15) is 0 Å². The van der Waals surface area contributed by atoms with Gasteiger partial charge in [-0.3, -0.25) is 4.79 Å². The van der Waals surface area contributed by atoms with Crippen molar-refractivity contribution in [2.75, 3.05) is 5.32 Å². The Kier molecular flexibility index (Phi) is 4.96. The van der Waals surface area contributed by atoms with Crippen LogP contribution in [0, 0.1) is 0 Å². The Morgan fingerprint density at radius 3 is 2.81 bits per heavy atom. The molecule has 1 atom stereocenters. The molecular formula is C13H20N2O. The SMILES string of the molecule is CCCC(CC)Nc1ncccc1C(C)=O. The number of rotatable bonds is 6. The molecule has 0 aliphatic heterocycles. The second-order valence-corrected chi connectivity index (χ2v) is 3.99. The van der Waals surface area contributed by atoms with Gasteiger partial charge in [-0.25, -0.2) is 4.98 Å². The lowest BCUT2D eigenvalue weighted by Crippen LogP contribution is -2.20. The summed E-state index contributed by atoms with van der Waals surface area (Å²) in [7, 11) is 0. The lowest BCUT2D eigenvalue weighted by molar-refractivity contribution is 0.101. The molecule has 1 heterocycles. The third kappa shape index (κ3) is 3.33. The van der Waals surface area contributed by atoms with Crippen LogP contribution in [0.3, 0.4) is 0 Å². The molecule has 0 aliphatic rings. The maximum Gasteiger partial charge on any atom is 0.163 e. The highest BCUT2D eigenvalue weighted by molar-refractivity contribution is 5.98. The number of carbonyl (C=O) groups excluding carboxylic acids is 1. The first-order valence-corrected chi connectivity index (χ1v) is 5.91. The normalized spacial score (nSPS) is 12.2. The zero-order valence-corrected chi connectivity index (χ0v) is 10.3. The van der Waals surface area contributed by atoms with Crippen molar-refractivity contribution >= 4 is 11.6 Å². The first-order chi connectivity index (χ1) is 7.69. The summed E-state index contributed by atoms with van der Waals surface area (Å²) in [5, 5.41) is 3.35. The molecule has 16 heavy (non-hydrogen) atoms. The largest absolute Gasteiger partial charge is 0.367 e. The third-order valence-electron chi connectivity index (χ3n) is 2.66. The quantitative estimate of drug-likeness (QED) is 0.748. The van der Waals surface area contributed by atoms with E-state index in [0.717, 1.165) is 25.1 Å². The average Bonchev–Trinajstić information content (AvgIpc) is 2.29. The fourth-order valence-corrected chi connectivity index (χ4v) is 1.72. The van der Waals surface area contributed by atoms with E-state index in [4.69, 9.17) is 0 Å². The van der Waals surface area contributed by atoms with E-state index in [1.54, 1.807) is 19.2 Å². The molecule has 88 valence electrons. The number of hydrogen-bond acceptors (Lipinski definition) is 3. The molecule has 1 aromatic rings. The van der Waals surface area contributed by atoms with Crippen LogP contribution in [-0.4, -0.2) is 16.8 Å². The summed E-state index contributed by atoms with van der Waals surface area (Å²) in [4.78, 5) is 15.7. The number of aromatic nitrogens is 1. The van der Waals surface area contributed by atoms with E-state index in [1.165, 1.54) is 0 Å². The van der Waals surface area contributed by atoms with Crippen molar-refractivity contribution in [1.82, 2.24) is 4.98 Å². The molecule has 3 nitrogen and oxygen atoms in total. The molecule has 0 saturated carbocycles. The summed E-state index contributed by atoms with van der Waals surface area (Å²) in [5.41, 5.74) is 0.678. The van der Waals surface area contributed by atoms with Gasteiger partial charge in [-0.05, 0) is 31.9 Å². The highest BCUT2D eigenvalue weighted by atomic mass is 16.1. The lowest BCUT2D eigenvalue weighted by Gasteiger charge is -2.18. The number of Topliss-reactive ketones (excluding diaryl/α,β-unsaturated/α-hetero) is 1. The summed E-state index contributed by atoms with van der Waals surface area (Å²) < 4.78 is 0. The van der Waals surface area contributed by atoms with E-state index in [-0.39, 0.29) is 5.78 Å². The molecule has 3 heteroatoms. The molecule has 0 spiro atoms. The standard InChI is InChI=1S/C13H20N2O/c1-4-7-11(5-2)15-13-12(10(3)16)8-6-9-14-13/h6,8-9,11H,4-5,7H2,1-3H3,(H,14,15). The van der Waals surface area contributed by atoms with Crippen LogP contribution in [0.15, 0.2) is 18.3 Å². The fraction of sp³-hybridized carbons (Fsp3) is 0.538. The molecule has 1 aromatic heterocycles. The van der Waals surface area contributed by atoms with Gasteiger partial charge in [0.1, 0.15) is 5.82 Å². The van der Waals surface area contributed by atoms with E-state index < -0.39 is 0 Å². The van der Waals surface area contributed by atoms with Gasteiger partial charge in [-0.15, -0.1) is 0 Å². The summed E-state index contributed by atoms with van der Waals surface area (Å²) >= 11 is 0. The van der Waals surface area contributed by atoms with Gasteiger partial charge in [0.05, 0.1) is 5.56 Å². The lowest BCUT2D eigenvalue weighted by atomic mass is 10.1. The van der Waals surface area contributed by atoms with Gasteiger partial charge >= 0.3 is 0 Å². The molecule has 0 aromatic carbocycles. The zero-order chi connectivity index (χ0) is 12.0. The van der Waals surface area contributed by atoms with E-state index in [0.29, 0.717) is 11.6 Å². The van der Waals surface area contributed by atoms with Crippen molar-refractivity contribution < 1.29 is 4.79 Å². The second kappa shape index (κ2) is 6.26. The van der Waals surface area contributed by atoms with Crippen molar-refractivity contribution in [3.63, 3.8) is 0 Å². The summed E-state index contributed by atoms with van der Waals surface area (Å²) in [6, 6.07) is 4.01. The highest BCUT2D eigenvalue weighted by Gasteiger charge is 2.11. The first-order valence-electron chi connectivity index (χ1n) is 5.91. The summed E-state index contributed by atoms with van der Waals surface area (Å²) in [6.07, 6.45) is 4.99. The van der Waals surface area contributed by atoms with Crippen molar-refractivity contribution in [2.24, 2.45) is 0 Å². The van der Waals surface area contributed by atoms with Crippen LogP contribution >= 0.6 is 0 Å². The van der Waals surface area contributed by atoms with Gasteiger partial charge in [0.15, 0.2) is 5.78 Å². The number of nitrogens with one attached hydrogen (secondary N) is 1. The molecule has 1 unspecified atom stereocenters. The van der Waals surface area contributed by atoms with Gasteiger partial charge in [0, 0.05) is 12.2 Å². The van der Waals surface area contributed by atoms with Crippen molar-refractivity contribution in [1.29, 1.82) is 0 Å². The Morgan fingerprint density at radius 1 is 1.50 bits per heavy atom. The van der Waals surface area contributed by atoms with E-state index >= 15 is 0 Å². The molecule has 1 rings (SSSR count). The van der Waals surface area contributed by atoms with E-state index in [2.05, 4.69) is 24.1 Å². The molecule has 0 amide bonds. The molecule has 0 saturated heterocycles. The van der Waals surface area contributed by atoms with Crippen LogP contribution in [0.4, 0.5) is 5.82 Å². The van der Waals surface area contributed by atoms with E-state index in [1.807, 2.05) is 6.07 Å². The van der Waals surface area contributed by atoms with Crippen LogP contribution in [0.25, 0.3) is 0 Å². The molecule has 0 bridgehead atoms. The van der Waals surface area contributed by atoms with Gasteiger partial charge in [0.2, 0.25) is 0 Å². The van der Waals surface area contributed by atoms with Gasteiger partial charge < -0.3 is 5.32 Å². The Hall–Kier alpha value is -1.38. The molecule has 1 N–H and O–H groups in total. The number of hydrogen-bond donors (Lipinski definition) is 1. The van der Waals surface area contributed by atoms with Crippen LogP contribution in [0.1, 0.15) is 50.4 Å². The number of nitrogens with zero attached hydrogens (tertiary/aromatic N) is 1. The Morgan fingerprint density at radius 2 is 2.25 bits per heavy atom. The van der Waals surface area contributed by atoms with Crippen LogP contribution in [0.5, 0.6) is 0 Å². The summed E-state index contributed by atoms with van der Waals surface area (Å²) in [5.74, 6) is 0.775. The maximum atomic E-state index is 11.4. The fourth-order valence-electron chi connectivity index (χ4n) is 1.72. The Bertz CT molecular complexity index is 350. The predicted octanol–water partition coefficient (Wildman–Crippen LogP) is 3.27.